The zero-order valence-electron chi connectivity index (χ0n) is 10.1. The first-order valence-corrected chi connectivity index (χ1v) is 5.61. The minimum Gasteiger partial charge on any atom is -0.454 e. The summed E-state index contributed by atoms with van der Waals surface area (Å²) in [5.74, 6) is -0.129. The number of carbonyl (C=O) groups excluding carboxylic acids is 1. The van der Waals surface area contributed by atoms with Gasteiger partial charge in [0, 0.05) is 0 Å². The van der Waals surface area contributed by atoms with E-state index in [0.29, 0.717) is 11.5 Å². The Bertz CT molecular complexity index is 352. The average molecular weight is 238 g/mol. The Kier molecular flexibility index (Phi) is 5.12. The number of esters is 1. The molecule has 0 aliphatic rings. The van der Waals surface area contributed by atoms with Gasteiger partial charge < -0.3 is 14.9 Å². The van der Waals surface area contributed by atoms with E-state index in [4.69, 9.17) is 14.9 Å². The quantitative estimate of drug-likeness (QED) is 0.759. The van der Waals surface area contributed by atoms with E-state index in [1.165, 1.54) is 0 Å². The minimum absolute atomic E-state index is 0.383. The van der Waals surface area contributed by atoms with Gasteiger partial charge in [-0.3, -0.25) is 0 Å². The van der Waals surface area contributed by atoms with Gasteiger partial charge in [-0.15, -0.1) is 0 Å². The Morgan fingerprint density at radius 2 is 1.71 bits per heavy atom. The van der Waals surface area contributed by atoms with E-state index in [-0.39, 0.29) is 13.2 Å². The fourth-order valence-corrected chi connectivity index (χ4v) is 1.36. The van der Waals surface area contributed by atoms with Crippen LogP contribution in [0.5, 0.6) is 0 Å². The molecule has 0 saturated carbocycles. The van der Waals surface area contributed by atoms with Crippen molar-refractivity contribution in [2.45, 2.75) is 25.9 Å². The molecule has 0 aromatic heterocycles. The van der Waals surface area contributed by atoms with Crippen molar-refractivity contribution in [3.8, 4) is 0 Å². The predicted octanol–water partition coefficient (Wildman–Crippen LogP) is 1.32. The minimum atomic E-state index is -0.854. The molecule has 17 heavy (non-hydrogen) atoms. The van der Waals surface area contributed by atoms with Gasteiger partial charge in [0.15, 0.2) is 0 Å². The summed E-state index contributed by atoms with van der Waals surface area (Å²) in [6, 6.07) is 7.11. The summed E-state index contributed by atoms with van der Waals surface area (Å²) in [4.78, 5) is 11.6. The fraction of sp³-hybridized carbons (Fsp3) is 0.462. The normalized spacial score (nSPS) is 10.9. The van der Waals surface area contributed by atoms with Crippen molar-refractivity contribution in [3.63, 3.8) is 0 Å². The third kappa shape index (κ3) is 3.84. The molecule has 0 bridgehead atoms. The molecule has 4 nitrogen and oxygen atoms in total. The summed E-state index contributed by atoms with van der Waals surface area (Å²) in [7, 11) is 0. The first kappa shape index (κ1) is 13.7. The topological polar surface area (TPSA) is 66.8 Å². The summed E-state index contributed by atoms with van der Waals surface area (Å²) in [6.07, 6.45) is -0.854. The predicted molar refractivity (Wildman–Crippen MR) is 63.9 cm³/mol. The second-order valence-corrected chi connectivity index (χ2v) is 4.17. The maximum Gasteiger partial charge on any atom is 0.338 e. The second-order valence-electron chi connectivity index (χ2n) is 4.17. The molecule has 1 rings (SSSR count). The average Bonchev–Trinajstić information content (AvgIpc) is 2.35. The number of hydrogen-bond donors (Lipinski definition) is 2. The molecule has 0 saturated heterocycles. The van der Waals surface area contributed by atoms with Crippen LogP contribution in [-0.4, -0.2) is 35.5 Å². The molecule has 0 atom stereocenters. The Morgan fingerprint density at radius 1 is 1.18 bits per heavy atom. The van der Waals surface area contributed by atoms with E-state index in [9.17, 15) is 4.79 Å². The summed E-state index contributed by atoms with van der Waals surface area (Å²) >= 11 is 0. The van der Waals surface area contributed by atoms with E-state index in [0.717, 1.165) is 5.56 Å². The number of ether oxygens (including phenoxy) is 1. The van der Waals surface area contributed by atoms with Crippen LogP contribution in [0.1, 0.15) is 35.7 Å². The SMILES string of the molecule is CC(C)c1ccc(C(=O)OC(CO)CO)cc1. The van der Waals surface area contributed by atoms with Crippen molar-refractivity contribution in [2.75, 3.05) is 13.2 Å². The lowest BCUT2D eigenvalue weighted by molar-refractivity contribution is -0.00544. The first-order chi connectivity index (χ1) is 8.08. The highest BCUT2D eigenvalue weighted by molar-refractivity contribution is 5.89. The summed E-state index contributed by atoms with van der Waals surface area (Å²) in [5.41, 5.74) is 1.56. The molecule has 0 aliphatic heterocycles. The molecule has 0 heterocycles. The van der Waals surface area contributed by atoms with Gasteiger partial charge in [0.25, 0.3) is 0 Å². The van der Waals surface area contributed by atoms with Crippen LogP contribution in [0.15, 0.2) is 24.3 Å². The largest absolute Gasteiger partial charge is 0.454 e. The summed E-state index contributed by atoms with van der Waals surface area (Å²) in [5, 5.41) is 17.6. The van der Waals surface area contributed by atoms with E-state index in [1.807, 2.05) is 12.1 Å². The van der Waals surface area contributed by atoms with Crippen LogP contribution in [0, 0.1) is 0 Å². The lowest BCUT2D eigenvalue weighted by Crippen LogP contribution is -2.25. The summed E-state index contributed by atoms with van der Waals surface area (Å²) < 4.78 is 4.90. The van der Waals surface area contributed by atoms with Crippen LogP contribution in [0.2, 0.25) is 0 Å². The van der Waals surface area contributed by atoms with Gasteiger partial charge in [0.2, 0.25) is 0 Å². The van der Waals surface area contributed by atoms with Crippen LogP contribution in [0.3, 0.4) is 0 Å². The second kappa shape index (κ2) is 6.37. The maximum absolute atomic E-state index is 11.6. The van der Waals surface area contributed by atoms with Gasteiger partial charge in [-0.1, -0.05) is 26.0 Å². The van der Waals surface area contributed by atoms with Crippen LogP contribution in [0.25, 0.3) is 0 Å². The number of benzene rings is 1. The monoisotopic (exact) mass is 238 g/mol. The van der Waals surface area contributed by atoms with Crippen molar-refractivity contribution in [2.24, 2.45) is 0 Å². The number of carbonyl (C=O) groups is 1. The van der Waals surface area contributed by atoms with Crippen molar-refractivity contribution in [1.29, 1.82) is 0 Å². The molecular weight excluding hydrogens is 220 g/mol. The zero-order chi connectivity index (χ0) is 12.8. The Morgan fingerprint density at radius 3 is 2.12 bits per heavy atom. The zero-order valence-corrected chi connectivity index (χ0v) is 10.1. The third-order valence-corrected chi connectivity index (χ3v) is 2.49. The molecule has 0 unspecified atom stereocenters. The number of aliphatic hydroxyl groups is 2. The van der Waals surface area contributed by atoms with E-state index >= 15 is 0 Å². The first-order valence-electron chi connectivity index (χ1n) is 5.61. The molecule has 4 heteroatoms. The summed E-state index contributed by atoms with van der Waals surface area (Å²) in [6.45, 7) is 3.38. The fourth-order valence-electron chi connectivity index (χ4n) is 1.36. The molecule has 0 fully saturated rings. The van der Waals surface area contributed by atoms with Gasteiger partial charge >= 0.3 is 5.97 Å². The Labute approximate surface area is 101 Å². The van der Waals surface area contributed by atoms with Crippen molar-refractivity contribution >= 4 is 5.97 Å². The van der Waals surface area contributed by atoms with Crippen LogP contribution < -0.4 is 0 Å². The lowest BCUT2D eigenvalue weighted by Gasteiger charge is -2.13. The Balaban J connectivity index is 2.69. The smallest absolute Gasteiger partial charge is 0.338 e. The molecule has 0 amide bonds. The van der Waals surface area contributed by atoms with E-state index < -0.39 is 12.1 Å². The highest BCUT2D eigenvalue weighted by Gasteiger charge is 2.14. The van der Waals surface area contributed by atoms with Gasteiger partial charge in [0.05, 0.1) is 18.8 Å². The lowest BCUT2D eigenvalue weighted by atomic mass is 10.0. The molecule has 1 aromatic rings. The van der Waals surface area contributed by atoms with Crippen molar-refractivity contribution in [3.05, 3.63) is 35.4 Å². The van der Waals surface area contributed by atoms with Crippen molar-refractivity contribution < 1.29 is 19.7 Å². The van der Waals surface area contributed by atoms with Crippen LogP contribution in [-0.2, 0) is 4.74 Å². The molecule has 1 aromatic carbocycles. The number of rotatable bonds is 5. The molecule has 0 spiro atoms. The van der Waals surface area contributed by atoms with E-state index in [2.05, 4.69) is 13.8 Å². The van der Waals surface area contributed by atoms with Crippen LogP contribution in [0.4, 0.5) is 0 Å². The highest BCUT2D eigenvalue weighted by atomic mass is 16.6. The van der Waals surface area contributed by atoms with E-state index in [1.54, 1.807) is 12.1 Å². The van der Waals surface area contributed by atoms with Crippen molar-refractivity contribution in [1.82, 2.24) is 0 Å². The van der Waals surface area contributed by atoms with Crippen LogP contribution >= 0.6 is 0 Å². The molecule has 94 valence electrons. The highest BCUT2D eigenvalue weighted by Crippen LogP contribution is 2.15. The maximum atomic E-state index is 11.6. The molecular formula is C13H18O4. The van der Waals surface area contributed by atoms with Gasteiger partial charge in [-0.25, -0.2) is 4.79 Å². The Hall–Kier alpha value is -1.39. The number of aliphatic hydroxyl groups excluding tert-OH is 2. The third-order valence-electron chi connectivity index (χ3n) is 2.49. The molecule has 2 N–H and O–H groups in total. The standard InChI is InChI=1S/C13H18O4/c1-9(2)10-3-5-11(6-4-10)13(16)17-12(7-14)8-15/h3-6,9,12,14-15H,7-8H2,1-2H3. The van der Waals surface area contributed by atoms with Gasteiger partial charge in [0.1, 0.15) is 6.10 Å². The molecule has 0 radical (unpaired) electrons. The van der Waals surface area contributed by atoms with Gasteiger partial charge in [-0.05, 0) is 23.6 Å². The molecule has 0 aliphatic carbocycles. The number of hydrogen-bond acceptors (Lipinski definition) is 4. The van der Waals surface area contributed by atoms with Gasteiger partial charge in [-0.2, -0.15) is 0 Å².